The largest absolute Gasteiger partial charge is 0.347 e. The molecule has 0 aliphatic heterocycles. The first-order valence-electron chi connectivity index (χ1n) is 5.75. The molecule has 0 spiro atoms. The Hall–Kier alpha value is -2.14. The van der Waals surface area contributed by atoms with Crippen LogP contribution >= 0.6 is 0 Å². The molecule has 0 bridgehead atoms. The molecule has 0 fully saturated rings. The molecule has 0 aliphatic rings. The van der Waals surface area contributed by atoms with E-state index in [0.717, 1.165) is 11.1 Å². The van der Waals surface area contributed by atoms with E-state index < -0.39 is 0 Å². The summed E-state index contributed by atoms with van der Waals surface area (Å²) in [6.07, 6.45) is 1.74. The molecule has 0 saturated carbocycles. The van der Waals surface area contributed by atoms with Gasteiger partial charge in [0.25, 0.3) is 5.91 Å². The molecule has 2 rings (SSSR count). The van der Waals surface area contributed by atoms with Crippen LogP contribution in [0.5, 0.6) is 0 Å². The van der Waals surface area contributed by atoms with Gasteiger partial charge in [0, 0.05) is 26.3 Å². The van der Waals surface area contributed by atoms with Crippen LogP contribution in [-0.4, -0.2) is 15.7 Å². The summed E-state index contributed by atoms with van der Waals surface area (Å²) < 4.78 is 1.60. The summed E-state index contributed by atoms with van der Waals surface area (Å²) in [6.45, 7) is 0.929. The number of nitrogens with two attached hydrogens (primary N) is 1. The molecule has 0 unspecified atom stereocenters. The lowest BCUT2D eigenvalue weighted by atomic mass is 10.1. The Morgan fingerprint density at radius 3 is 2.67 bits per heavy atom. The zero-order valence-corrected chi connectivity index (χ0v) is 10.3. The number of carbonyl (C=O) groups is 1. The normalized spacial score (nSPS) is 10.3. The van der Waals surface area contributed by atoms with Crippen molar-refractivity contribution in [2.75, 3.05) is 0 Å². The molecule has 1 aromatic carbocycles. The molecule has 5 heteroatoms. The zero-order valence-electron chi connectivity index (χ0n) is 10.3. The second-order valence-electron chi connectivity index (χ2n) is 4.03. The van der Waals surface area contributed by atoms with Gasteiger partial charge in [-0.3, -0.25) is 9.48 Å². The van der Waals surface area contributed by atoms with E-state index >= 15 is 0 Å². The van der Waals surface area contributed by atoms with Crippen LogP contribution in [0.3, 0.4) is 0 Å². The van der Waals surface area contributed by atoms with Crippen molar-refractivity contribution in [3.63, 3.8) is 0 Å². The van der Waals surface area contributed by atoms with Crippen molar-refractivity contribution in [1.82, 2.24) is 15.1 Å². The smallest absolute Gasteiger partial charge is 0.272 e. The lowest BCUT2D eigenvalue weighted by Gasteiger charge is -2.08. The molecule has 1 amide bonds. The summed E-state index contributed by atoms with van der Waals surface area (Å²) in [5, 5.41) is 6.88. The van der Waals surface area contributed by atoms with Crippen LogP contribution in [0.25, 0.3) is 0 Å². The van der Waals surface area contributed by atoms with Crippen LogP contribution < -0.4 is 11.1 Å². The lowest BCUT2D eigenvalue weighted by molar-refractivity contribution is 0.0945. The number of hydrogen-bond acceptors (Lipinski definition) is 3. The van der Waals surface area contributed by atoms with E-state index in [-0.39, 0.29) is 5.91 Å². The summed E-state index contributed by atoms with van der Waals surface area (Å²) in [4.78, 5) is 11.8. The maximum Gasteiger partial charge on any atom is 0.272 e. The van der Waals surface area contributed by atoms with Gasteiger partial charge in [-0.25, -0.2) is 0 Å². The number of aromatic nitrogens is 2. The standard InChI is InChI=1S/C13H16N4O/c1-17-7-6-12(16-17)13(18)15-9-11-5-3-2-4-10(11)8-14/h2-7H,8-9,14H2,1H3,(H,15,18). The third-order valence-corrected chi connectivity index (χ3v) is 2.72. The minimum Gasteiger partial charge on any atom is -0.347 e. The van der Waals surface area contributed by atoms with E-state index in [1.54, 1.807) is 24.0 Å². The van der Waals surface area contributed by atoms with Crippen molar-refractivity contribution < 1.29 is 4.79 Å². The number of amides is 1. The Morgan fingerprint density at radius 2 is 2.06 bits per heavy atom. The maximum atomic E-state index is 11.8. The van der Waals surface area contributed by atoms with Gasteiger partial charge in [-0.15, -0.1) is 0 Å². The lowest BCUT2D eigenvalue weighted by Crippen LogP contribution is -2.24. The Bertz CT molecular complexity index is 547. The van der Waals surface area contributed by atoms with Gasteiger partial charge in [0.15, 0.2) is 0 Å². The Balaban J connectivity index is 2.01. The van der Waals surface area contributed by atoms with Crippen LogP contribution in [0.15, 0.2) is 36.5 Å². The van der Waals surface area contributed by atoms with Crippen molar-refractivity contribution in [1.29, 1.82) is 0 Å². The van der Waals surface area contributed by atoms with E-state index in [1.807, 2.05) is 24.3 Å². The Kier molecular flexibility index (Phi) is 3.74. The molecule has 18 heavy (non-hydrogen) atoms. The first kappa shape index (κ1) is 12.3. The first-order valence-corrected chi connectivity index (χ1v) is 5.75. The predicted octanol–water partition coefficient (Wildman–Crippen LogP) is 0.809. The second kappa shape index (κ2) is 5.46. The fourth-order valence-electron chi connectivity index (χ4n) is 1.73. The number of hydrogen-bond donors (Lipinski definition) is 2. The third-order valence-electron chi connectivity index (χ3n) is 2.72. The van der Waals surface area contributed by atoms with Gasteiger partial charge < -0.3 is 11.1 Å². The maximum absolute atomic E-state index is 11.8. The predicted molar refractivity (Wildman–Crippen MR) is 68.7 cm³/mol. The number of carbonyl (C=O) groups excluding carboxylic acids is 1. The molecule has 5 nitrogen and oxygen atoms in total. The van der Waals surface area contributed by atoms with Crippen molar-refractivity contribution in [3.05, 3.63) is 53.3 Å². The topological polar surface area (TPSA) is 72.9 Å². The number of rotatable bonds is 4. The number of benzene rings is 1. The summed E-state index contributed by atoms with van der Waals surface area (Å²) in [6, 6.07) is 9.47. The summed E-state index contributed by atoms with van der Waals surface area (Å²) in [5.41, 5.74) is 8.13. The Labute approximate surface area is 106 Å². The molecule has 2 aromatic rings. The van der Waals surface area contributed by atoms with Crippen LogP contribution in [-0.2, 0) is 20.1 Å². The van der Waals surface area contributed by atoms with Crippen LogP contribution in [0, 0.1) is 0 Å². The highest BCUT2D eigenvalue weighted by Gasteiger charge is 2.08. The molecule has 0 atom stereocenters. The average Bonchev–Trinajstić information content (AvgIpc) is 2.83. The molecule has 0 radical (unpaired) electrons. The number of nitrogens with one attached hydrogen (secondary N) is 1. The fourth-order valence-corrected chi connectivity index (χ4v) is 1.73. The van der Waals surface area contributed by atoms with Crippen LogP contribution in [0.2, 0.25) is 0 Å². The highest BCUT2D eigenvalue weighted by Crippen LogP contribution is 2.07. The van der Waals surface area contributed by atoms with Crippen molar-refractivity contribution in [3.8, 4) is 0 Å². The first-order chi connectivity index (χ1) is 8.70. The fraction of sp³-hybridized carbons (Fsp3) is 0.231. The van der Waals surface area contributed by atoms with Gasteiger partial charge in [-0.05, 0) is 17.2 Å². The zero-order chi connectivity index (χ0) is 13.0. The van der Waals surface area contributed by atoms with Gasteiger partial charge in [0.05, 0.1) is 0 Å². The quantitative estimate of drug-likeness (QED) is 0.836. The summed E-state index contributed by atoms with van der Waals surface area (Å²) in [7, 11) is 1.78. The number of aryl methyl sites for hydroxylation is 1. The van der Waals surface area contributed by atoms with E-state index in [2.05, 4.69) is 10.4 Å². The molecular weight excluding hydrogens is 228 g/mol. The summed E-state index contributed by atoms with van der Waals surface area (Å²) in [5.74, 6) is -0.178. The van der Waals surface area contributed by atoms with E-state index in [9.17, 15) is 4.79 Å². The third kappa shape index (κ3) is 2.75. The summed E-state index contributed by atoms with van der Waals surface area (Å²) >= 11 is 0. The molecule has 0 saturated heterocycles. The molecule has 3 N–H and O–H groups in total. The van der Waals surface area contributed by atoms with E-state index in [4.69, 9.17) is 5.73 Å². The van der Waals surface area contributed by atoms with Crippen molar-refractivity contribution >= 4 is 5.91 Å². The second-order valence-corrected chi connectivity index (χ2v) is 4.03. The van der Waals surface area contributed by atoms with Crippen LogP contribution in [0.1, 0.15) is 21.6 Å². The van der Waals surface area contributed by atoms with Crippen LogP contribution in [0.4, 0.5) is 0 Å². The molecule has 1 heterocycles. The van der Waals surface area contributed by atoms with E-state index in [1.165, 1.54) is 0 Å². The molecular formula is C13H16N4O. The van der Waals surface area contributed by atoms with E-state index in [0.29, 0.717) is 18.8 Å². The Morgan fingerprint density at radius 1 is 1.33 bits per heavy atom. The average molecular weight is 244 g/mol. The SMILES string of the molecule is Cn1ccc(C(=O)NCc2ccccc2CN)n1. The van der Waals surface area contributed by atoms with Gasteiger partial charge in [-0.2, -0.15) is 5.10 Å². The number of nitrogens with zero attached hydrogens (tertiary/aromatic N) is 2. The van der Waals surface area contributed by atoms with Gasteiger partial charge >= 0.3 is 0 Å². The highest BCUT2D eigenvalue weighted by atomic mass is 16.1. The van der Waals surface area contributed by atoms with Gasteiger partial charge in [-0.1, -0.05) is 24.3 Å². The molecule has 94 valence electrons. The van der Waals surface area contributed by atoms with Gasteiger partial charge in [0.2, 0.25) is 0 Å². The monoisotopic (exact) mass is 244 g/mol. The minimum atomic E-state index is -0.178. The molecule has 0 aliphatic carbocycles. The molecule has 1 aromatic heterocycles. The minimum absolute atomic E-state index is 0.178. The van der Waals surface area contributed by atoms with Gasteiger partial charge in [0.1, 0.15) is 5.69 Å². The van der Waals surface area contributed by atoms with Crippen molar-refractivity contribution in [2.24, 2.45) is 12.8 Å². The highest BCUT2D eigenvalue weighted by molar-refractivity contribution is 5.92. The van der Waals surface area contributed by atoms with Crippen molar-refractivity contribution in [2.45, 2.75) is 13.1 Å².